The summed E-state index contributed by atoms with van der Waals surface area (Å²) < 4.78 is 27.0. The second-order valence-corrected chi connectivity index (χ2v) is 9.42. The molecule has 0 aliphatic heterocycles. The largest absolute Gasteiger partial charge is 0.481 e. The minimum Gasteiger partial charge on any atom is -0.481 e. The number of nitrogens with two attached hydrogens (primary N) is 1. The molecule has 3 N–H and O–H groups in total. The molecule has 0 aromatic heterocycles. The number of benzene rings is 2. The second-order valence-electron chi connectivity index (χ2n) is 6.00. The minimum absolute atomic E-state index is 0.0422. The van der Waals surface area contributed by atoms with E-state index >= 15 is 0 Å². The maximum atomic E-state index is 13.1. The zero-order valence-corrected chi connectivity index (χ0v) is 16.1. The Morgan fingerprint density at radius 1 is 1.16 bits per heavy atom. The third kappa shape index (κ3) is 2.89. The molecule has 0 unspecified atom stereocenters. The number of carboxylic acid groups (broad SMARTS) is 1. The Kier molecular flexibility index (Phi) is 4.70. The fourth-order valence-corrected chi connectivity index (χ4v) is 6.14. The lowest BCUT2D eigenvalue weighted by Gasteiger charge is -2.10. The van der Waals surface area contributed by atoms with Crippen molar-refractivity contribution in [3.8, 4) is 0 Å². The van der Waals surface area contributed by atoms with Gasteiger partial charge in [0.2, 0.25) is 0 Å². The molecule has 5 nitrogen and oxygen atoms in total. The first-order valence-corrected chi connectivity index (χ1v) is 10.2. The van der Waals surface area contributed by atoms with Gasteiger partial charge in [-0.15, -0.1) is 0 Å². The van der Waals surface area contributed by atoms with Crippen LogP contribution in [0.4, 0.5) is 0 Å². The predicted molar refractivity (Wildman–Crippen MR) is 98.4 cm³/mol. The van der Waals surface area contributed by atoms with Gasteiger partial charge in [-0.1, -0.05) is 39.7 Å². The molecule has 0 heterocycles. The molecule has 8 heteroatoms. The van der Waals surface area contributed by atoms with E-state index in [2.05, 4.69) is 15.9 Å². The highest BCUT2D eigenvalue weighted by Crippen LogP contribution is 2.63. The fraction of sp³-hybridized carbons (Fsp3) is 0.235. The number of carboxylic acids is 1. The van der Waals surface area contributed by atoms with Crippen molar-refractivity contribution >= 4 is 43.3 Å². The molecular weight excluding hydrogens is 430 g/mol. The lowest BCUT2D eigenvalue weighted by Crippen LogP contribution is -2.31. The van der Waals surface area contributed by atoms with Crippen LogP contribution in [0.2, 0.25) is 5.02 Å². The Morgan fingerprint density at radius 2 is 1.72 bits per heavy atom. The molecule has 1 aliphatic rings. The van der Waals surface area contributed by atoms with Crippen LogP contribution in [0.15, 0.2) is 57.9 Å². The molecule has 0 saturated heterocycles. The SMILES string of the molecule is NC[C@@]1(C(=O)O)[C@H](S(=O)(=O)c2ccc(Cl)cc2)[C@@H]1c1ccc(Br)cc1. The molecular formula is C17H15BrClNO4S. The van der Waals surface area contributed by atoms with Gasteiger partial charge in [0.1, 0.15) is 5.41 Å². The third-order valence-corrected chi connectivity index (χ3v) is 7.77. The molecule has 1 saturated carbocycles. The van der Waals surface area contributed by atoms with Crippen molar-refractivity contribution in [2.75, 3.05) is 6.54 Å². The van der Waals surface area contributed by atoms with E-state index in [1.165, 1.54) is 24.3 Å². The van der Waals surface area contributed by atoms with Crippen molar-refractivity contribution in [3.05, 3.63) is 63.6 Å². The van der Waals surface area contributed by atoms with Crippen LogP contribution >= 0.6 is 27.5 Å². The minimum atomic E-state index is -3.89. The topological polar surface area (TPSA) is 97.5 Å². The van der Waals surface area contributed by atoms with E-state index in [0.717, 1.165) is 4.47 Å². The summed E-state index contributed by atoms with van der Waals surface area (Å²) in [5.74, 6) is -1.91. The first-order valence-electron chi connectivity index (χ1n) is 7.43. The highest BCUT2D eigenvalue weighted by Gasteiger charge is 2.75. The zero-order valence-electron chi connectivity index (χ0n) is 12.9. The van der Waals surface area contributed by atoms with Crippen LogP contribution in [0.3, 0.4) is 0 Å². The van der Waals surface area contributed by atoms with Gasteiger partial charge < -0.3 is 10.8 Å². The molecule has 1 aliphatic carbocycles. The highest BCUT2D eigenvalue weighted by atomic mass is 79.9. The number of aliphatic carboxylic acids is 1. The smallest absolute Gasteiger partial charge is 0.312 e. The number of hydrogen-bond acceptors (Lipinski definition) is 4. The zero-order chi connectivity index (χ0) is 18.4. The summed E-state index contributed by atoms with van der Waals surface area (Å²) in [5.41, 5.74) is 4.84. The Morgan fingerprint density at radius 3 is 2.20 bits per heavy atom. The van der Waals surface area contributed by atoms with Crippen LogP contribution in [-0.2, 0) is 14.6 Å². The van der Waals surface area contributed by atoms with E-state index in [9.17, 15) is 18.3 Å². The Balaban J connectivity index is 2.10. The Labute approximate surface area is 158 Å². The molecule has 25 heavy (non-hydrogen) atoms. The normalized spacial score (nSPS) is 25.6. The molecule has 132 valence electrons. The fourth-order valence-electron chi connectivity index (χ4n) is 3.36. The van der Waals surface area contributed by atoms with Crippen molar-refractivity contribution in [2.24, 2.45) is 11.1 Å². The van der Waals surface area contributed by atoms with E-state index in [4.69, 9.17) is 17.3 Å². The summed E-state index contributed by atoms with van der Waals surface area (Å²) in [6.07, 6.45) is 0. The molecule has 3 rings (SSSR count). The first-order chi connectivity index (χ1) is 11.7. The number of hydrogen-bond donors (Lipinski definition) is 2. The van der Waals surface area contributed by atoms with Gasteiger partial charge in [-0.3, -0.25) is 4.79 Å². The van der Waals surface area contributed by atoms with Crippen LogP contribution < -0.4 is 5.73 Å². The van der Waals surface area contributed by atoms with Gasteiger partial charge in [0.05, 0.1) is 10.1 Å². The lowest BCUT2D eigenvalue weighted by atomic mass is 9.99. The Bertz CT molecular complexity index is 915. The molecule has 0 amide bonds. The number of rotatable bonds is 5. The van der Waals surface area contributed by atoms with Crippen LogP contribution in [0, 0.1) is 5.41 Å². The summed E-state index contributed by atoms with van der Waals surface area (Å²) in [4.78, 5) is 12.0. The van der Waals surface area contributed by atoms with E-state index < -0.39 is 32.4 Å². The summed E-state index contributed by atoms with van der Waals surface area (Å²) in [7, 11) is -3.89. The molecule has 0 bridgehead atoms. The van der Waals surface area contributed by atoms with Crippen molar-refractivity contribution in [1.82, 2.24) is 0 Å². The second kappa shape index (κ2) is 6.39. The van der Waals surface area contributed by atoms with Crippen LogP contribution in [0.5, 0.6) is 0 Å². The van der Waals surface area contributed by atoms with Crippen LogP contribution in [0.25, 0.3) is 0 Å². The summed E-state index contributed by atoms with van der Waals surface area (Å²) in [6.45, 7) is -0.263. The van der Waals surface area contributed by atoms with Crippen molar-refractivity contribution in [3.63, 3.8) is 0 Å². The maximum absolute atomic E-state index is 13.1. The summed E-state index contributed by atoms with van der Waals surface area (Å²) in [6, 6.07) is 12.7. The van der Waals surface area contributed by atoms with Crippen molar-refractivity contribution in [1.29, 1.82) is 0 Å². The van der Waals surface area contributed by atoms with Crippen molar-refractivity contribution < 1.29 is 18.3 Å². The van der Waals surface area contributed by atoms with E-state index in [-0.39, 0.29) is 11.4 Å². The summed E-state index contributed by atoms with van der Waals surface area (Å²) >= 11 is 9.13. The number of halogens is 2. The monoisotopic (exact) mass is 443 g/mol. The van der Waals surface area contributed by atoms with Crippen molar-refractivity contribution in [2.45, 2.75) is 16.1 Å². The van der Waals surface area contributed by atoms with Gasteiger partial charge in [-0.05, 0) is 42.0 Å². The van der Waals surface area contributed by atoms with E-state index in [0.29, 0.717) is 10.6 Å². The van der Waals surface area contributed by atoms with Gasteiger partial charge in [0.25, 0.3) is 0 Å². The Hall–Kier alpha value is -1.41. The van der Waals surface area contributed by atoms with E-state index in [1.54, 1.807) is 24.3 Å². The van der Waals surface area contributed by atoms with Gasteiger partial charge in [0.15, 0.2) is 9.84 Å². The third-order valence-electron chi connectivity index (χ3n) is 4.70. The molecule has 0 spiro atoms. The number of carbonyl (C=O) groups is 1. The quantitative estimate of drug-likeness (QED) is 0.738. The molecule has 2 aromatic carbocycles. The average Bonchev–Trinajstić information content (AvgIpc) is 3.27. The van der Waals surface area contributed by atoms with Crippen LogP contribution in [0.1, 0.15) is 11.5 Å². The van der Waals surface area contributed by atoms with Gasteiger partial charge in [-0.2, -0.15) is 0 Å². The van der Waals surface area contributed by atoms with Gasteiger partial charge >= 0.3 is 5.97 Å². The standard InChI is InChI=1S/C17H15BrClNO4S/c18-11-3-1-10(2-4-11)14-15(17(14,9-20)16(21)22)25(23,24)13-7-5-12(19)6-8-13/h1-8,14-15H,9,20H2,(H,21,22)/t14-,15+,17-/m0/s1. The molecule has 3 atom stereocenters. The van der Waals surface area contributed by atoms with Gasteiger partial charge in [0, 0.05) is 22.0 Å². The van der Waals surface area contributed by atoms with Crippen LogP contribution in [-0.4, -0.2) is 31.3 Å². The molecule has 2 aromatic rings. The molecule has 0 radical (unpaired) electrons. The summed E-state index contributed by atoms with van der Waals surface area (Å²) in [5, 5.41) is 9.02. The molecule has 1 fully saturated rings. The van der Waals surface area contributed by atoms with E-state index in [1.807, 2.05) is 0 Å². The van der Waals surface area contributed by atoms with Gasteiger partial charge in [-0.25, -0.2) is 8.42 Å². The lowest BCUT2D eigenvalue weighted by molar-refractivity contribution is -0.143. The predicted octanol–water partition coefficient (Wildman–Crippen LogP) is 3.07. The maximum Gasteiger partial charge on any atom is 0.312 e. The average molecular weight is 445 g/mol. The number of sulfone groups is 1. The highest BCUT2D eigenvalue weighted by molar-refractivity contribution is 9.10. The first kappa shape index (κ1) is 18.4.